The Labute approximate surface area is 170 Å². The monoisotopic (exact) mass is 422 g/mol. The number of ether oxygens (including phenoxy) is 1. The summed E-state index contributed by atoms with van der Waals surface area (Å²) >= 11 is 0. The van der Waals surface area contributed by atoms with Crippen molar-refractivity contribution in [3.63, 3.8) is 0 Å². The average molecular weight is 422 g/mol. The summed E-state index contributed by atoms with van der Waals surface area (Å²) in [5.74, 6) is -1.98. The van der Waals surface area contributed by atoms with E-state index < -0.39 is 29.2 Å². The van der Waals surface area contributed by atoms with Gasteiger partial charge in [0, 0.05) is 31.1 Å². The first-order valence-corrected chi connectivity index (χ1v) is 9.61. The number of aliphatic hydroxyl groups is 2. The predicted molar refractivity (Wildman–Crippen MR) is 103 cm³/mol. The fourth-order valence-corrected chi connectivity index (χ4v) is 3.85. The van der Waals surface area contributed by atoms with Crippen molar-refractivity contribution >= 4 is 17.3 Å². The van der Waals surface area contributed by atoms with E-state index in [-0.39, 0.29) is 49.8 Å². The second-order valence-corrected chi connectivity index (χ2v) is 7.65. The van der Waals surface area contributed by atoms with Gasteiger partial charge in [0.1, 0.15) is 41.5 Å². The molecule has 2 atom stereocenters. The highest BCUT2D eigenvalue weighted by Gasteiger charge is 2.42. The molecule has 4 rings (SSSR count). The number of benzene rings is 2. The van der Waals surface area contributed by atoms with E-state index in [0.717, 1.165) is 12.1 Å². The fourth-order valence-electron chi connectivity index (χ4n) is 3.85. The van der Waals surface area contributed by atoms with Gasteiger partial charge in [0.05, 0.1) is 11.4 Å². The van der Waals surface area contributed by atoms with E-state index in [0.29, 0.717) is 17.7 Å². The number of amides is 1. The van der Waals surface area contributed by atoms with Crippen LogP contribution in [0.2, 0.25) is 0 Å². The molecule has 1 saturated heterocycles. The van der Waals surface area contributed by atoms with E-state index in [9.17, 15) is 28.2 Å². The molecule has 0 bridgehead atoms. The number of piperidine rings is 1. The lowest BCUT2D eigenvalue weighted by Crippen LogP contribution is -2.58. The number of aliphatic hydroxyl groups excluding tert-OH is 1. The van der Waals surface area contributed by atoms with Crippen molar-refractivity contribution in [3.8, 4) is 5.75 Å². The lowest BCUT2D eigenvalue weighted by molar-refractivity contribution is -0.116. The van der Waals surface area contributed by atoms with Gasteiger partial charge < -0.3 is 25.2 Å². The van der Waals surface area contributed by atoms with E-state index in [1.807, 2.05) is 0 Å². The third-order valence-corrected chi connectivity index (χ3v) is 5.64. The number of anilines is 2. The smallest absolute Gasteiger partial charge is 0.224 e. The van der Waals surface area contributed by atoms with Crippen molar-refractivity contribution < 1.29 is 32.9 Å². The molecule has 0 unspecified atom stereocenters. The van der Waals surface area contributed by atoms with Crippen LogP contribution in [0.4, 0.5) is 24.5 Å². The second-order valence-electron chi connectivity index (χ2n) is 7.65. The van der Waals surface area contributed by atoms with Crippen LogP contribution in [0.25, 0.3) is 0 Å². The Morgan fingerprint density at radius 3 is 2.70 bits per heavy atom. The molecule has 0 aliphatic carbocycles. The molecule has 2 aliphatic heterocycles. The summed E-state index contributed by atoms with van der Waals surface area (Å²) in [6.45, 7) is -0.114. The minimum absolute atomic E-state index is 0.0675. The van der Waals surface area contributed by atoms with E-state index in [2.05, 4.69) is 5.32 Å². The molecule has 2 aromatic carbocycles. The lowest BCUT2D eigenvalue weighted by atomic mass is 9.89. The van der Waals surface area contributed by atoms with Crippen molar-refractivity contribution in [1.29, 1.82) is 0 Å². The highest BCUT2D eigenvalue weighted by Crippen LogP contribution is 2.35. The number of fused-ring (bicyclic) bond motifs is 1. The highest BCUT2D eigenvalue weighted by molar-refractivity contribution is 5.94. The molecule has 160 valence electrons. The topological polar surface area (TPSA) is 82.0 Å². The molecule has 30 heavy (non-hydrogen) atoms. The summed E-state index contributed by atoms with van der Waals surface area (Å²) in [7, 11) is 0. The van der Waals surface area contributed by atoms with Gasteiger partial charge in [-0.3, -0.25) is 4.79 Å². The highest BCUT2D eigenvalue weighted by atomic mass is 19.1. The second kappa shape index (κ2) is 7.81. The first-order chi connectivity index (χ1) is 14.3. The molecule has 6 nitrogen and oxygen atoms in total. The van der Waals surface area contributed by atoms with E-state index in [1.54, 1.807) is 0 Å². The van der Waals surface area contributed by atoms with E-state index in [4.69, 9.17) is 4.74 Å². The Kier molecular flexibility index (Phi) is 5.33. The van der Waals surface area contributed by atoms with Crippen LogP contribution in [0, 0.1) is 17.5 Å². The number of carbonyl (C=O) groups is 1. The number of β-amino-alcohol motifs (C(OH)–C–C–N with tert-alkyl or cyclic N) is 1. The van der Waals surface area contributed by atoms with Gasteiger partial charge in [0.15, 0.2) is 0 Å². The maximum atomic E-state index is 14.0. The van der Waals surface area contributed by atoms with Gasteiger partial charge in [-0.1, -0.05) is 0 Å². The molecule has 0 aromatic heterocycles. The van der Waals surface area contributed by atoms with Crippen LogP contribution in [-0.2, 0) is 11.2 Å². The number of hydrogen-bond donors (Lipinski definition) is 3. The Balaban J connectivity index is 1.46. The van der Waals surface area contributed by atoms with Crippen molar-refractivity contribution in [1.82, 2.24) is 0 Å². The number of carbonyl (C=O) groups excluding carboxylic acids is 1. The van der Waals surface area contributed by atoms with Crippen LogP contribution >= 0.6 is 0 Å². The largest absolute Gasteiger partial charge is 0.490 e. The molecule has 1 fully saturated rings. The molecule has 2 heterocycles. The molecular formula is C21H21F3N2O4. The first-order valence-electron chi connectivity index (χ1n) is 9.61. The van der Waals surface area contributed by atoms with E-state index in [1.165, 1.54) is 23.1 Å². The van der Waals surface area contributed by atoms with Crippen LogP contribution < -0.4 is 15.0 Å². The Hall–Kier alpha value is -2.78. The van der Waals surface area contributed by atoms with Crippen LogP contribution in [0.3, 0.4) is 0 Å². The van der Waals surface area contributed by atoms with Crippen molar-refractivity contribution in [2.24, 2.45) is 0 Å². The zero-order chi connectivity index (χ0) is 21.5. The van der Waals surface area contributed by atoms with Gasteiger partial charge in [-0.2, -0.15) is 0 Å². The summed E-state index contributed by atoms with van der Waals surface area (Å²) in [6, 6.07) is 5.77. The van der Waals surface area contributed by atoms with Crippen LogP contribution in [0.5, 0.6) is 5.75 Å². The van der Waals surface area contributed by atoms with Gasteiger partial charge >= 0.3 is 0 Å². The Morgan fingerprint density at radius 2 is 1.97 bits per heavy atom. The predicted octanol–water partition coefficient (Wildman–Crippen LogP) is 2.37. The SMILES string of the molecule is O=C1CCc2c(OC[C@]3(O)CCN(c4ccc(F)cc4F)C[C@H]3O)ccc(F)c2N1. The minimum Gasteiger partial charge on any atom is -0.490 e. The van der Waals surface area contributed by atoms with Gasteiger partial charge in [-0.25, -0.2) is 13.2 Å². The summed E-state index contributed by atoms with van der Waals surface area (Å²) in [5.41, 5.74) is -0.898. The van der Waals surface area contributed by atoms with Crippen molar-refractivity contribution in [2.75, 3.05) is 29.9 Å². The summed E-state index contributed by atoms with van der Waals surface area (Å²) < 4.78 is 46.9. The number of nitrogens with zero attached hydrogens (tertiary/aromatic N) is 1. The van der Waals surface area contributed by atoms with Gasteiger partial charge in [0.25, 0.3) is 0 Å². The maximum Gasteiger partial charge on any atom is 0.224 e. The molecule has 0 saturated carbocycles. The van der Waals surface area contributed by atoms with Crippen LogP contribution in [0.1, 0.15) is 18.4 Å². The summed E-state index contributed by atoms with van der Waals surface area (Å²) in [6.07, 6.45) is -0.692. The average Bonchev–Trinajstić information content (AvgIpc) is 2.70. The first kappa shape index (κ1) is 20.5. The standard InChI is InChI=1S/C21H21F3N2O4/c22-12-1-4-16(15(24)9-12)26-8-7-21(29,18(27)10-26)11-30-17-5-3-14(23)20-13(17)2-6-19(28)25-20/h1,3-5,9,18,27,29H,2,6-8,10-11H2,(H,25,28)/t18-,21-/m1/s1. The van der Waals surface area contributed by atoms with Crippen LogP contribution in [0.15, 0.2) is 30.3 Å². The quantitative estimate of drug-likeness (QED) is 0.705. The fraction of sp³-hybridized carbons (Fsp3) is 0.381. The Morgan fingerprint density at radius 1 is 1.17 bits per heavy atom. The lowest BCUT2D eigenvalue weighted by Gasteiger charge is -2.42. The van der Waals surface area contributed by atoms with Crippen molar-refractivity contribution in [2.45, 2.75) is 31.0 Å². The molecule has 0 radical (unpaired) electrons. The molecule has 2 aromatic rings. The number of halogens is 3. The van der Waals surface area contributed by atoms with E-state index >= 15 is 0 Å². The van der Waals surface area contributed by atoms with Gasteiger partial charge in [0.2, 0.25) is 5.91 Å². The third kappa shape index (κ3) is 3.82. The molecular weight excluding hydrogens is 401 g/mol. The third-order valence-electron chi connectivity index (χ3n) is 5.64. The maximum absolute atomic E-state index is 14.0. The number of nitrogens with one attached hydrogen (secondary N) is 1. The van der Waals surface area contributed by atoms with Crippen molar-refractivity contribution in [3.05, 3.63) is 53.3 Å². The minimum atomic E-state index is -1.60. The van der Waals surface area contributed by atoms with Gasteiger partial charge in [-0.05, 0) is 37.1 Å². The molecule has 2 aliphatic rings. The Bertz CT molecular complexity index is 987. The number of rotatable bonds is 4. The molecule has 1 amide bonds. The molecule has 9 heteroatoms. The summed E-state index contributed by atoms with van der Waals surface area (Å²) in [4.78, 5) is 13.1. The number of hydrogen-bond acceptors (Lipinski definition) is 5. The molecule has 3 N–H and O–H groups in total. The van der Waals surface area contributed by atoms with Gasteiger partial charge in [-0.15, -0.1) is 0 Å². The zero-order valence-electron chi connectivity index (χ0n) is 16.0. The zero-order valence-corrected chi connectivity index (χ0v) is 16.0. The normalized spacial score (nSPS) is 23.7. The van der Waals surface area contributed by atoms with Crippen LogP contribution in [-0.4, -0.2) is 47.5 Å². The summed E-state index contributed by atoms with van der Waals surface area (Å²) in [5, 5.41) is 23.9. The molecule has 0 spiro atoms.